The summed E-state index contributed by atoms with van der Waals surface area (Å²) in [5, 5.41) is 8.04. The molecular weight excluding hydrogens is 300 g/mol. The lowest BCUT2D eigenvalue weighted by molar-refractivity contribution is -0.134. The summed E-state index contributed by atoms with van der Waals surface area (Å²) >= 11 is 1.62. The Morgan fingerprint density at radius 2 is 2.14 bits per heavy atom. The molecule has 1 aliphatic heterocycles. The van der Waals surface area contributed by atoms with Gasteiger partial charge in [0.25, 0.3) is 0 Å². The van der Waals surface area contributed by atoms with Crippen molar-refractivity contribution in [1.82, 2.24) is 19.9 Å². The molecule has 0 N–H and O–H groups in total. The van der Waals surface area contributed by atoms with Crippen molar-refractivity contribution in [2.45, 2.75) is 19.4 Å². The maximum Gasteiger partial charge on any atom is 0.241 e. The van der Waals surface area contributed by atoms with E-state index in [0.29, 0.717) is 30.1 Å². The van der Waals surface area contributed by atoms with Crippen LogP contribution in [-0.2, 0) is 11.3 Å². The van der Waals surface area contributed by atoms with Crippen LogP contribution in [0.5, 0.6) is 0 Å². The zero-order valence-corrected chi connectivity index (χ0v) is 13.1. The Kier molecular flexibility index (Phi) is 3.67. The molecule has 1 amide bonds. The number of hydrogen-bond acceptors (Lipinski definition) is 6. The second-order valence-electron chi connectivity index (χ2n) is 5.90. The number of thiophene rings is 1. The van der Waals surface area contributed by atoms with E-state index in [1.54, 1.807) is 11.3 Å². The van der Waals surface area contributed by atoms with Crippen molar-refractivity contribution in [1.29, 1.82) is 0 Å². The summed E-state index contributed by atoms with van der Waals surface area (Å²) in [5.74, 6) is 1.95. The lowest BCUT2D eigenvalue weighted by atomic mass is 10.2. The van der Waals surface area contributed by atoms with Crippen molar-refractivity contribution in [2.24, 2.45) is 5.92 Å². The summed E-state index contributed by atoms with van der Waals surface area (Å²) < 4.78 is 5.34. The van der Waals surface area contributed by atoms with E-state index < -0.39 is 0 Å². The monoisotopic (exact) mass is 318 g/mol. The first-order chi connectivity index (χ1) is 10.8. The molecule has 0 aromatic carbocycles. The second-order valence-corrected chi connectivity index (χ2v) is 6.68. The minimum atomic E-state index is 0.315. The van der Waals surface area contributed by atoms with Crippen LogP contribution in [0.25, 0.3) is 11.4 Å². The highest BCUT2D eigenvalue weighted by Gasteiger charge is 2.34. The molecule has 2 aromatic heterocycles. The Morgan fingerprint density at radius 3 is 2.82 bits per heavy atom. The number of carbonyl (C=O) groups is 1. The molecule has 22 heavy (non-hydrogen) atoms. The van der Waals surface area contributed by atoms with E-state index in [2.05, 4.69) is 15.0 Å². The van der Waals surface area contributed by atoms with Gasteiger partial charge in [-0.25, -0.2) is 0 Å². The third-order valence-electron chi connectivity index (χ3n) is 4.22. The largest absolute Gasteiger partial charge is 0.340 e. The van der Waals surface area contributed by atoms with E-state index >= 15 is 0 Å². The van der Waals surface area contributed by atoms with Crippen LogP contribution in [0.15, 0.2) is 21.3 Å². The number of rotatable bonds is 4. The van der Waals surface area contributed by atoms with E-state index in [1.165, 1.54) is 0 Å². The Balaban J connectivity index is 1.32. The number of piperazine rings is 1. The number of nitrogens with zero attached hydrogens (tertiary/aromatic N) is 4. The van der Waals surface area contributed by atoms with Gasteiger partial charge in [0.05, 0.1) is 6.54 Å². The van der Waals surface area contributed by atoms with Crippen molar-refractivity contribution >= 4 is 17.2 Å². The first-order valence-electron chi connectivity index (χ1n) is 7.66. The van der Waals surface area contributed by atoms with Crippen molar-refractivity contribution in [2.75, 3.05) is 26.2 Å². The highest BCUT2D eigenvalue weighted by atomic mass is 32.1. The van der Waals surface area contributed by atoms with Crippen molar-refractivity contribution in [3.05, 3.63) is 22.7 Å². The van der Waals surface area contributed by atoms with Crippen molar-refractivity contribution < 1.29 is 9.32 Å². The van der Waals surface area contributed by atoms with E-state index in [-0.39, 0.29) is 0 Å². The summed E-state index contributed by atoms with van der Waals surface area (Å²) in [5.41, 5.74) is 1.000. The Morgan fingerprint density at radius 1 is 1.32 bits per heavy atom. The summed E-state index contributed by atoms with van der Waals surface area (Å²) in [7, 11) is 0. The summed E-state index contributed by atoms with van der Waals surface area (Å²) in [4.78, 5) is 20.7. The maximum atomic E-state index is 12.0. The molecule has 0 radical (unpaired) electrons. The van der Waals surface area contributed by atoms with Crippen molar-refractivity contribution in [3.8, 4) is 11.4 Å². The Bertz CT molecular complexity index is 642. The fraction of sp³-hybridized carbons (Fsp3) is 0.533. The van der Waals surface area contributed by atoms with Gasteiger partial charge in [0, 0.05) is 43.0 Å². The molecule has 1 aliphatic carbocycles. The molecule has 4 rings (SSSR count). The quantitative estimate of drug-likeness (QED) is 0.861. The average Bonchev–Trinajstić information content (AvgIpc) is 3.05. The van der Waals surface area contributed by atoms with Crippen LogP contribution in [0, 0.1) is 5.92 Å². The molecule has 116 valence electrons. The smallest absolute Gasteiger partial charge is 0.241 e. The van der Waals surface area contributed by atoms with Gasteiger partial charge in [0.1, 0.15) is 0 Å². The molecule has 2 aliphatic rings. The van der Waals surface area contributed by atoms with Gasteiger partial charge >= 0.3 is 0 Å². The number of amides is 1. The molecule has 2 aromatic rings. The molecule has 0 atom stereocenters. The Labute approximate surface area is 132 Å². The molecule has 1 saturated heterocycles. The summed E-state index contributed by atoms with van der Waals surface area (Å²) in [6, 6.07) is 1.99. The van der Waals surface area contributed by atoms with Crippen LogP contribution in [0.1, 0.15) is 18.7 Å². The van der Waals surface area contributed by atoms with E-state index in [1.807, 2.05) is 21.7 Å². The highest BCUT2D eigenvalue weighted by molar-refractivity contribution is 7.08. The standard InChI is InChI=1S/C15H18N4O2S/c20-15(11-1-2-11)19-6-4-18(5-7-19)9-13-16-14(17-21-13)12-3-8-22-10-12/h3,8,10-11H,1-2,4-7,9H2. The molecule has 0 bridgehead atoms. The van der Waals surface area contributed by atoms with Gasteiger partial charge in [0.15, 0.2) is 0 Å². The van der Waals surface area contributed by atoms with Crippen LogP contribution in [0.3, 0.4) is 0 Å². The fourth-order valence-corrected chi connectivity index (χ4v) is 3.37. The third kappa shape index (κ3) is 2.91. The van der Waals surface area contributed by atoms with E-state index in [0.717, 1.165) is 44.6 Å². The average molecular weight is 318 g/mol. The van der Waals surface area contributed by atoms with Crippen LogP contribution in [0.2, 0.25) is 0 Å². The van der Waals surface area contributed by atoms with E-state index in [9.17, 15) is 4.79 Å². The first-order valence-corrected chi connectivity index (χ1v) is 8.60. The van der Waals surface area contributed by atoms with Crippen LogP contribution >= 0.6 is 11.3 Å². The van der Waals surface area contributed by atoms with Crippen LogP contribution in [-0.4, -0.2) is 52.0 Å². The van der Waals surface area contributed by atoms with Crippen LogP contribution < -0.4 is 0 Å². The molecule has 6 nitrogen and oxygen atoms in total. The Hall–Kier alpha value is -1.73. The predicted molar refractivity (Wildman–Crippen MR) is 82.2 cm³/mol. The van der Waals surface area contributed by atoms with Crippen molar-refractivity contribution in [3.63, 3.8) is 0 Å². The predicted octanol–water partition coefficient (Wildman–Crippen LogP) is 1.85. The first kappa shape index (κ1) is 13.9. The highest BCUT2D eigenvalue weighted by Crippen LogP contribution is 2.31. The SMILES string of the molecule is O=C(C1CC1)N1CCN(Cc2nc(-c3ccsc3)no2)CC1. The zero-order chi connectivity index (χ0) is 14.9. The molecule has 7 heteroatoms. The van der Waals surface area contributed by atoms with Gasteiger partial charge < -0.3 is 9.42 Å². The topological polar surface area (TPSA) is 62.5 Å². The normalized spacial score (nSPS) is 19.5. The van der Waals surface area contributed by atoms with Gasteiger partial charge in [-0.1, -0.05) is 5.16 Å². The van der Waals surface area contributed by atoms with Gasteiger partial charge in [0.2, 0.25) is 17.6 Å². The number of aromatic nitrogens is 2. The number of hydrogen-bond donors (Lipinski definition) is 0. The lowest BCUT2D eigenvalue weighted by Gasteiger charge is -2.34. The molecule has 2 fully saturated rings. The fourth-order valence-electron chi connectivity index (χ4n) is 2.73. The van der Waals surface area contributed by atoms with Gasteiger partial charge in [-0.15, -0.1) is 0 Å². The minimum Gasteiger partial charge on any atom is -0.340 e. The molecule has 0 unspecified atom stereocenters. The second kappa shape index (κ2) is 5.81. The van der Waals surface area contributed by atoms with E-state index in [4.69, 9.17) is 4.52 Å². The molecule has 1 saturated carbocycles. The molecule has 3 heterocycles. The summed E-state index contributed by atoms with van der Waals surface area (Å²) in [6.45, 7) is 4.01. The van der Waals surface area contributed by atoms with Gasteiger partial charge in [-0.05, 0) is 24.3 Å². The number of carbonyl (C=O) groups excluding carboxylic acids is 1. The maximum absolute atomic E-state index is 12.0. The zero-order valence-electron chi connectivity index (χ0n) is 12.3. The third-order valence-corrected chi connectivity index (χ3v) is 4.90. The summed E-state index contributed by atoms with van der Waals surface area (Å²) in [6.07, 6.45) is 2.15. The van der Waals surface area contributed by atoms with Gasteiger partial charge in [-0.2, -0.15) is 16.3 Å². The molecular formula is C15H18N4O2S. The molecule has 0 spiro atoms. The van der Waals surface area contributed by atoms with Crippen LogP contribution in [0.4, 0.5) is 0 Å². The minimum absolute atomic E-state index is 0.315. The lowest BCUT2D eigenvalue weighted by Crippen LogP contribution is -2.48. The van der Waals surface area contributed by atoms with Gasteiger partial charge in [-0.3, -0.25) is 9.69 Å².